The van der Waals surface area contributed by atoms with Crippen LogP contribution >= 0.6 is 0 Å². The van der Waals surface area contributed by atoms with Gasteiger partial charge in [0.2, 0.25) is 5.78 Å². The lowest BCUT2D eigenvalue weighted by molar-refractivity contribution is -0.140. The summed E-state index contributed by atoms with van der Waals surface area (Å²) in [5, 5.41) is 2.70. The molecule has 1 saturated carbocycles. The van der Waals surface area contributed by atoms with Crippen molar-refractivity contribution < 1.29 is 23.9 Å². The number of Topliss-reactive ketones (excluding diaryl/α,β-unsaturated/α-hetero) is 3. The van der Waals surface area contributed by atoms with Crippen LogP contribution in [0.15, 0.2) is 48.7 Å². The van der Waals surface area contributed by atoms with E-state index >= 15 is 0 Å². The minimum absolute atomic E-state index is 0.102. The molecule has 0 radical (unpaired) electrons. The van der Waals surface area contributed by atoms with Crippen molar-refractivity contribution in [2.45, 2.75) is 78.2 Å². The van der Waals surface area contributed by atoms with Gasteiger partial charge in [-0.05, 0) is 61.1 Å². The molecule has 1 heterocycles. The highest BCUT2D eigenvalue weighted by molar-refractivity contribution is 6.38. The van der Waals surface area contributed by atoms with Crippen molar-refractivity contribution >= 4 is 23.4 Å². The first-order valence-electron chi connectivity index (χ1n) is 13.8. The van der Waals surface area contributed by atoms with E-state index in [2.05, 4.69) is 17.2 Å². The molecule has 1 aliphatic rings. The van der Waals surface area contributed by atoms with Crippen LogP contribution in [0.25, 0.3) is 0 Å². The van der Waals surface area contributed by atoms with Crippen molar-refractivity contribution in [3.05, 3.63) is 65.5 Å². The maximum Gasteiger partial charge on any atom is 0.407 e. The Morgan fingerprint density at radius 3 is 2.37 bits per heavy atom. The van der Waals surface area contributed by atoms with Crippen LogP contribution in [0, 0.1) is 17.8 Å². The third kappa shape index (κ3) is 9.84. The molecule has 1 aromatic carbocycles. The monoisotopic (exact) mass is 520 g/mol. The van der Waals surface area contributed by atoms with E-state index in [4.69, 9.17) is 4.74 Å². The summed E-state index contributed by atoms with van der Waals surface area (Å²) < 4.78 is 5.34. The Labute approximate surface area is 225 Å². The topological polar surface area (TPSA) is 102 Å². The minimum Gasteiger partial charge on any atom is -0.449 e. The number of rotatable bonds is 16. The molecule has 0 aliphatic heterocycles. The number of carbonyl (C=O) groups excluding carboxylic acids is 4. The number of carbonyl (C=O) groups is 4. The fourth-order valence-electron chi connectivity index (χ4n) is 4.44. The molecule has 7 heteroatoms. The van der Waals surface area contributed by atoms with Gasteiger partial charge in [-0.25, -0.2) is 4.79 Å². The van der Waals surface area contributed by atoms with Crippen LogP contribution in [0.3, 0.4) is 0 Å². The molecule has 204 valence electrons. The highest BCUT2D eigenvalue weighted by Crippen LogP contribution is 2.33. The van der Waals surface area contributed by atoms with Crippen molar-refractivity contribution in [2.24, 2.45) is 17.8 Å². The molecule has 0 saturated heterocycles. The third-order valence-electron chi connectivity index (χ3n) is 6.86. The van der Waals surface area contributed by atoms with Gasteiger partial charge in [-0.2, -0.15) is 0 Å². The maximum absolute atomic E-state index is 13.4. The van der Waals surface area contributed by atoms with Crippen LogP contribution in [0.5, 0.6) is 0 Å². The van der Waals surface area contributed by atoms with Gasteiger partial charge in [0.25, 0.3) is 0 Å². The van der Waals surface area contributed by atoms with E-state index in [1.165, 1.54) is 0 Å². The van der Waals surface area contributed by atoms with Gasteiger partial charge in [0.05, 0.1) is 12.6 Å². The molecule has 38 heavy (non-hydrogen) atoms. The molecule has 7 nitrogen and oxygen atoms in total. The van der Waals surface area contributed by atoms with Crippen molar-refractivity contribution in [2.75, 3.05) is 6.61 Å². The molecule has 2 aromatic rings. The molecule has 0 bridgehead atoms. The van der Waals surface area contributed by atoms with E-state index < -0.39 is 29.6 Å². The Balaban J connectivity index is 1.61. The first-order valence-corrected chi connectivity index (χ1v) is 13.8. The number of pyridine rings is 1. The zero-order chi connectivity index (χ0) is 27.5. The Hall–Kier alpha value is -3.35. The Morgan fingerprint density at radius 1 is 1.03 bits per heavy atom. The number of alkyl carbamates (subject to hydrolysis) is 1. The van der Waals surface area contributed by atoms with Crippen molar-refractivity contribution in [3.63, 3.8) is 0 Å². The summed E-state index contributed by atoms with van der Waals surface area (Å²) in [4.78, 5) is 56.1. The molecule has 2 atom stereocenters. The molecule has 1 amide bonds. The number of aromatic nitrogens is 1. The van der Waals surface area contributed by atoms with Gasteiger partial charge >= 0.3 is 6.09 Å². The van der Waals surface area contributed by atoms with Crippen molar-refractivity contribution in [3.8, 4) is 0 Å². The lowest BCUT2D eigenvalue weighted by Gasteiger charge is -2.22. The summed E-state index contributed by atoms with van der Waals surface area (Å²) >= 11 is 0. The largest absolute Gasteiger partial charge is 0.449 e. The molecular formula is C31H40N2O5. The van der Waals surface area contributed by atoms with Gasteiger partial charge in [0.1, 0.15) is 0 Å². The van der Waals surface area contributed by atoms with E-state index in [0.29, 0.717) is 25.2 Å². The van der Waals surface area contributed by atoms with Crippen molar-refractivity contribution in [1.29, 1.82) is 0 Å². The van der Waals surface area contributed by atoms with Gasteiger partial charge in [-0.3, -0.25) is 19.4 Å². The zero-order valence-electron chi connectivity index (χ0n) is 22.8. The standard InChI is InChI=1S/C31H40N2O5/c1-4-22-12-13-26(32-20-22)14-15-38-31(37)33-27(16-21(2)3)28(34)19-25(17-23-8-6-5-7-9-23)30(36)29(35)18-24-10-11-24/h5-9,12-13,20-21,24-25,27H,4,10-11,14-19H2,1-3H3,(H,33,37)/t25-,27+/m1/s1. The number of nitrogens with one attached hydrogen (secondary N) is 1. The number of ketones is 3. The highest BCUT2D eigenvalue weighted by atomic mass is 16.5. The number of hydrogen-bond donors (Lipinski definition) is 1. The predicted molar refractivity (Wildman–Crippen MR) is 146 cm³/mol. The molecule has 0 spiro atoms. The van der Waals surface area contributed by atoms with Gasteiger partial charge in [0, 0.05) is 37.1 Å². The summed E-state index contributed by atoms with van der Waals surface area (Å²) in [5.74, 6) is -1.47. The summed E-state index contributed by atoms with van der Waals surface area (Å²) in [7, 11) is 0. The minimum atomic E-state index is -0.797. The lowest BCUT2D eigenvalue weighted by atomic mass is 9.85. The summed E-state index contributed by atoms with van der Waals surface area (Å²) in [6, 6.07) is 12.5. The second-order valence-electron chi connectivity index (χ2n) is 10.7. The molecule has 1 fully saturated rings. The number of amides is 1. The molecule has 0 unspecified atom stereocenters. The summed E-state index contributed by atoms with van der Waals surface area (Å²) in [6.07, 6.45) is 5.35. The summed E-state index contributed by atoms with van der Waals surface area (Å²) in [6.45, 7) is 6.12. The number of hydrogen-bond acceptors (Lipinski definition) is 6. The number of ether oxygens (including phenoxy) is 1. The molecule has 1 aromatic heterocycles. The highest BCUT2D eigenvalue weighted by Gasteiger charge is 2.34. The first kappa shape index (κ1) is 29.2. The lowest BCUT2D eigenvalue weighted by Crippen LogP contribution is -2.43. The first-order chi connectivity index (χ1) is 18.2. The van der Waals surface area contributed by atoms with Crippen LogP contribution in [0.1, 0.15) is 69.7 Å². The van der Waals surface area contributed by atoms with E-state index in [1.807, 2.05) is 62.5 Å². The molecular weight excluding hydrogens is 480 g/mol. The smallest absolute Gasteiger partial charge is 0.407 e. The fraction of sp³-hybridized carbons (Fsp3) is 0.516. The SMILES string of the molecule is CCc1ccc(CCOC(=O)N[C@@H](CC(C)C)C(=O)C[C@@H](Cc2ccccc2)C(=O)C(=O)CC2CC2)nc1. The predicted octanol–water partition coefficient (Wildman–Crippen LogP) is 5.08. The average Bonchev–Trinajstić information content (AvgIpc) is 3.72. The van der Waals surface area contributed by atoms with E-state index in [9.17, 15) is 19.2 Å². The Kier molecular flexibility index (Phi) is 11.2. The molecule has 1 aliphatic carbocycles. The van der Waals surface area contributed by atoms with Crippen LogP contribution < -0.4 is 5.32 Å². The van der Waals surface area contributed by atoms with E-state index in [1.54, 1.807) is 0 Å². The van der Waals surface area contributed by atoms with Gasteiger partial charge < -0.3 is 10.1 Å². The zero-order valence-corrected chi connectivity index (χ0v) is 22.8. The quantitative estimate of drug-likeness (QED) is 0.310. The second-order valence-corrected chi connectivity index (χ2v) is 10.7. The van der Waals surface area contributed by atoms with E-state index in [0.717, 1.165) is 36.1 Å². The normalized spacial score (nSPS) is 14.5. The van der Waals surface area contributed by atoms with Gasteiger partial charge in [0.15, 0.2) is 11.6 Å². The summed E-state index contributed by atoms with van der Waals surface area (Å²) in [5.41, 5.74) is 2.86. The van der Waals surface area contributed by atoms with Crippen LogP contribution in [-0.2, 0) is 38.4 Å². The van der Waals surface area contributed by atoms with Gasteiger partial charge in [-0.1, -0.05) is 57.2 Å². The van der Waals surface area contributed by atoms with E-state index in [-0.39, 0.29) is 31.1 Å². The molecule has 3 rings (SSSR count). The van der Waals surface area contributed by atoms with Crippen LogP contribution in [0.2, 0.25) is 0 Å². The van der Waals surface area contributed by atoms with Crippen LogP contribution in [-0.4, -0.2) is 41.1 Å². The number of benzene rings is 1. The Bertz CT molecular complexity index is 1080. The second kappa shape index (κ2) is 14.6. The van der Waals surface area contributed by atoms with Crippen molar-refractivity contribution in [1.82, 2.24) is 10.3 Å². The van der Waals surface area contributed by atoms with Gasteiger partial charge in [-0.15, -0.1) is 0 Å². The number of nitrogens with zero attached hydrogens (tertiary/aromatic N) is 1. The average molecular weight is 521 g/mol. The fourth-order valence-corrected chi connectivity index (χ4v) is 4.44. The molecule has 1 N–H and O–H groups in total. The maximum atomic E-state index is 13.4. The third-order valence-corrected chi connectivity index (χ3v) is 6.86. The number of aryl methyl sites for hydroxylation is 1. The Morgan fingerprint density at radius 2 is 1.76 bits per heavy atom. The van der Waals surface area contributed by atoms with Crippen LogP contribution in [0.4, 0.5) is 4.79 Å².